The monoisotopic (exact) mass is 201 g/mol. The third-order valence-corrected chi connectivity index (χ3v) is 6.24. The normalized spacial score (nSPS) is 30.2. The molecule has 1 aliphatic heterocycles. The molecular formula is C9H21N2OSi. The van der Waals surface area contributed by atoms with Gasteiger partial charge in [-0.05, 0) is 46.2 Å². The fourth-order valence-electron chi connectivity index (χ4n) is 1.75. The Balaban J connectivity index is 2.40. The van der Waals surface area contributed by atoms with Gasteiger partial charge in [-0.3, -0.25) is 5.32 Å². The minimum atomic E-state index is -0.370. The molecule has 77 valence electrons. The molecule has 0 aliphatic carbocycles. The molecule has 1 aliphatic rings. The Bertz CT molecular complexity index is 166. The second-order valence-corrected chi connectivity index (χ2v) is 7.23. The number of methoxy groups -OCH3 is 1. The van der Waals surface area contributed by atoms with E-state index in [2.05, 4.69) is 31.2 Å². The highest BCUT2D eigenvalue weighted by molar-refractivity contribution is 6.62. The van der Waals surface area contributed by atoms with Crippen LogP contribution in [0.25, 0.3) is 0 Å². The summed E-state index contributed by atoms with van der Waals surface area (Å²) < 4.78 is 5.56. The highest BCUT2D eigenvalue weighted by Gasteiger charge is 2.39. The SMILES string of the molecule is COC1(C)NCC[Si]1CCN(C)C. The standard InChI is InChI=1S/C9H21N2OSi/c1-9(12-4)10-5-7-13(9)8-6-11(2)3/h10H,5-8H2,1-4H3. The summed E-state index contributed by atoms with van der Waals surface area (Å²) in [6, 6.07) is 2.65. The molecule has 13 heavy (non-hydrogen) atoms. The number of rotatable bonds is 4. The molecule has 1 N–H and O–H groups in total. The Hall–Kier alpha value is 0.0969. The first-order valence-electron chi connectivity index (χ1n) is 4.88. The molecule has 0 bridgehead atoms. The Morgan fingerprint density at radius 2 is 2.23 bits per heavy atom. The highest BCUT2D eigenvalue weighted by atomic mass is 28.3. The van der Waals surface area contributed by atoms with Gasteiger partial charge in [0.1, 0.15) is 8.80 Å². The molecule has 0 amide bonds. The molecule has 3 nitrogen and oxygen atoms in total. The first-order chi connectivity index (χ1) is 6.08. The lowest BCUT2D eigenvalue weighted by Crippen LogP contribution is -2.49. The predicted molar refractivity (Wildman–Crippen MR) is 57.3 cm³/mol. The lowest BCUT2D eigenvalue weighted by atomic mass is 10.6. The number of hydrogen-bond donors (Lipinski definition) is 1. The van der Waals surface area contributed by atoms with E-state index < -0.39 is 0 Å². The van der Waals surface area contributed by atoms with Crippen LogP contribution in [0.5, 0.6) is 0 Å². The molecule has 0 aromatic carbocycles. The predicted octanol–water partition coefficient (Wildman–Crippen LogP) is 0.548. The average Bonchev–Trinajstić information content (AvgIpc) is 2.44. The summed E-state index contributed by atoms with van der Waals surface area (Å²) in [6.45, 7) is 4.52. The molecule has 1 fully saturated rings. The van der Waals surface area contributed by atoms with Gasteiger partial charge in [0.05, 0.1) is 5.35 Å². The van der Waals surface area contributed by atoms with Crippen LogP contribution >= 0.6 is 0 Å². The van der Waals surface area contributed by atoms with Gasteiger partial charge in [0.2, 0.25) is 0 Å². The maximum absolute atomic E-state index is 5.56. The highest BCUT2D eigenvalue weighted by Crippen LogP contribution is 2.22. The van der Waals surface area contributed by atoms with E-state index in [0.717, 1.165) is 6.54 Å². The maximum atomic E-state index is 5.56. The van der Waals surface area contributed by atoms with Crippen LogP contribution in [0, 0.1) is 0 Å². The van der Waals surface area contributed by atoms with E-state index in [1.54, 1.807) is 0 Å². The third-order valence-electron chi connectivity index (χ3n) is 2.83. The van der Waals surface area contributed by atoms with Crippen molar-refractivity contribution >= 4 is 8.80 Å². The smallest absolute Gasteiger partial charge is 0.111 e. The zero-order valence-electron chi connectivity index (χ0n) is 9.18. The summed E-state index contributed by atoms with van der Waals surface area (Å²) in [7, 11) is 5.72. The molecule has 1 rings (SSSR count). The van der Waals surface area contributed by atoms with Crippen LogP contribution in [0.1, 0.15) is 6.92 Å². The molecular weight excluding hydrogens is 180 g/mol. The van der Waals surface area contributed by atoms with Crippen molar-refractivity contribution in [3.63, 3.8) is 0 Å². The molecule has 0 aromatic heterocycles. The van der Waals surface area contributed by atoms with E-state index in [1.165, 1.54) is 18.6 Å². The van der Waals surface area contributed by atoms with Crippen molar-refractivity contribution < 1.29 is 4.74 Å². The fourth-order valence-corrected chi connectivity index (χ4v) is 4.77. The summed E-state index contributed by atoms with van der Waals surface area (Å²) in [4.78, 5) is 2.26. The van der Waals surface area contributed by atoms with Crippen molar-refractivity contribution in [2.24, 2.45) is 0 Å². The molecule has 1 unspecified atom stereocenters. The molecule has 1 atom stereocenters. The lowest BCUT2D eigenvalue weighted by molar-refractivity contribution is 0.0527. The molecule has 0 spiro atoms. The Morgan fingerprint density at radius 1 is 1.54 bits per heavy atom. The van der Waals surface area contributed by atoms with Gasteiger partial charge in [0.25, 0.3) is 0 Å². The van der Waals surface area contributed by atoms with Gasteiger partial charge in [-0.1, -0.05) is 0 Å². The quantitative estimate of drug-likeness (QED) is 0.672. The largest absolute Gasteiger partial charge is 0.368 e. The number of ether oxygens (including phenoxy) is 1. The second kappa shape index (κ2) is 4.55. The van der Waals surface area contributed by atoms with Gasteiger partial charge >= 0.3 is 0 Å². The van der Waals surface area contributed by atoms with Gasteiger partial charge in [-0.25, -0.2) is 0 Å². The van der Waals surface area contributed by atoms with Crippen LogP contribution in [0.15, 0.2) is 0 Å². The Labute approximate surface area is 83.1 Å². The van der Waals surface area contributed by atoms with E-state index in [9.17, 15) is 0 Å². The maximum Gasteiger partial charge on any atom is 0.111 e. The molecule has 1 heterocycles. The zero-order chi connectivity index (χ0) is 9.90. The average molecular weight is 201 g/mol. The van der Waals surface area contributed by atoms with E-state index in [1.807, 2.05) is 7.11 Å². The second-order valence-electron chi connectivity index (χ2n) is 4.07. The van der Waals surface area contributed by atoms with Crippen LogP contribution in [-0.2, 0) is 4.74 Å². The molecule has 4 heteroatoms. The van der Waals surface area contributed by atoms with Crippen molar-refractivity contribution in [1.82, 2.24) is 10.2 Å². The Morgan fingerprint density at radius 3 is 2.77 bits per heavy atom. The van der Waals surface area contributed by atoms with Crippen LogP contribution in [0.3, 0.4) is 0 Å². The molecule has 1 radical (unpaired) electrons. The summed E-state index contributed by atoms with van der Waals surface area (Å²) in [5.41, 5.74) is 0. The molecule has 0 saturated carbocycles. The van der Waals surface area contributed by atoms with Gasteiger partial charge in [0, 0.05) is 7.11 Å². The summed E-state index contributed by atoms with van der Waals surface area (Å²) in [5, 5.41) is 3.48. The van der Waals surface area contributed by atoms with E-state index in [0.29, 0.717) is 0 Å². The topological polar surface area (TPSA) is 24.5 Å². The number of nitrogens with one attached hydrogen (secondary N) is 1. The molecule has 0 aromatic rings. The van der Waals surface area contributed by atoms with Crippen molar-refractivity contribution in [3.05, 3.63) is 0 Å². The minimum absolute atomic E-state index is 0.0146. The van der Waals surface area contributed by atoms with Crippen molar-refractivity contribution in [1.29, 1.82) is 0 Å². The van der Waals surface area contributed by atoms with Crippen molar-refractivity contribution in [3.8, 4) is 0 Å². The molecule has 1 saturated heterocycles. The summed E-state index contributed by atoms with van der Waals surface area (Å²) in [6.07, 6.45) is 0. The van der Waals surface area contributed by atoms with Gasteiger partial charge in [-0.15, -0.1) is 0 Å². The van der Waals surface area contributed by atoms with Crippen molar-refractivity contribution in [2.45, 2.75) is 24.4 Å². The van der Waals surface area contributed by atoms with Crippen LogP contribution in [0.2, 0.25) is 12.1 Å². The number of nitrogens with zero attached hydrogens (tertiary/aromatic N) is 1. The summed E-state index contributed by atoms with van der Waals surface area (Å²) >= 11 is 0. The van der Waals surface area contributed by atoms with Gasteiger partial charge < -0.3 is 9.64 Å². The fraction of sp³-hybridized carbons (Fsp3) is 1.00. The van der Waals surface area contributed by atoms with Gasteiger partial charge in [0.15, 0.2) is 0 Å². The van der Waals surface area contributed by atoms with Crippen LogP contribution < -0.4 is 5.32 Å². The van der Waals surface area contributed by atoms with Gasteiger partial charge in [-0.2, -0.15) is 0 Å². The van der Waals surface area contributed by atoms with Crippen LogP contribution in [0.4, 0.5) is 0 Å². The van der Waals surface area contributed by atoms with Crippen LogP contribution in [-0.4, -0.2) is 53.3 Å². The summed E-state index contributed by atoms with van der Waals surface area (Å²) in [5.74, 6) is 0. The first-order valence-corrected chi connectivity index (χ1v) is 6.80. The lowest BCUT2D eigenvalue weighted by Gasteiger charge is -2.29. The third kappa shape index (κ3) is 2.77. The first kappa shape index (κ1) is 11.2. The Kier molecular flexibility index (Phi) is 3.91. The number of hydrogen-bond acceptors (Lipinski definition) is 3. The minimum Gasteiger partial charge on any atom is -0.368 e. The van der Waals surface area contributed by atoms with E-state index in [4.69, 9.17) is 4.74 Å². The zero-order valence-corrected chi connectivity index (χ0v) is 10.2. The van der Waals surface area contributed by atoms with E-state index >= 15 is 0 Å². The van der Waals surface area contributed by atoms with E-state index in [-0.39, 0.29) is 14.1 Å². The van der Waals surface area contributed by atoms with Crippen molar-refractivity contribution in [2.75, 3.05) is 34.3 Å².